The highest BCUT2D eigenvalue weighted by molar-refractivity contribution is 5.31. The number of benzene rings is 1. The molecule has 0 heterocycles. The number of ether oxygens (including phenoxy) is 1. The molecule has 6 heteroatoms. The quantitative estimate of drug-likeness (QED) is 0.416. The minimum absolute atomic E-state index is 0.0852. The highest BCUT2D eigenvalue weighted by Gasteiger charge is 2.40. The molecule has 27 heavy (non-hydrogen) atoms. The molecule has 4 unspecified atom stereocenters. The van der Waals surface area contributed by atoms with Crippen LogP contribution in [0, 0.1) is 23.5 Å². The number of rotatable bonds is 4. The van der Waals surface area contributed by atoms with Crippen LogP contribution in [0.1, 0.15) is 62.5 Å². The normalized spacial score (nSPS) is 29.1. The first-order chi connectivity index (χ1) is 12.8. The second-order valence-electron chi connectivity index (χ2n) is 7.72. The van der Waals surface area contributed by atoms with Gasteiger partial charge in [0.05, 0.1) is 12.7 Å². The molecule has 2 aliphatic rings. The zero-order chi connectivity index (χ0) is 19.6. The van der Waals surface area contributed by atoms with E-state index in [0.29, 0.717) is 24.0 Å². The standard InChI is InChI=1S/C21H25F5O/c1-2-3-8-27-17-7-6-13-9-14(4-5-15(13)10-17)16-11-18(22)20(19(23)12-16)21(24,25)26/h2-3,11-15,17H,4-10H2,1H3/b3-2+. The summed E-state index contributed by atoms with van der Waals surface area (Å²) >= 11 is 0. The van der Waals surface area contributed by atoms with Gasteiger partial charge in [-0.15, -0.1) is 0 Å². The van der Waals surface area contributed by atoms with Gasteiger partial charge in [0.15, 0.2) is 0 Å². The van der Waals surface area contributed by atoms with E-state index in [2.05, 4.69) is 0 Å². The molecule has 1 aromatic rings. The summed E-state index contributed by atoms with van der Waals surface area (Å²) in [5, 5.41) is 0. The van der Waals surface area contributed by atoms with Gasteiger partial charge in [-0.2, -0.15) is 13.2 Å². The summed E-state index contributed by atoms with van der Waals surface area (Å²) in [6.07, 6.45) is 4.55. The molecule has 150 valence electrons. The molecule has 0 bridgehead atoms. The van der Waals surface area contributed by atoms with Crippen LogP contribution < -0.4 is 0 Å². The molecule has 2 aliphatic carbocycles. The molecule has 0 spiro atoms. The Hall–Kier alpha value is -1.43. The smallest absolute Gasteiger partial charge is 0.374 e. The summed E-state index contributed by atoms with van der Waals surface area (Å²) in [5.74, 6) is -2.15. The zero-order valence-corrected chi connectivity index (χ0v) is 15.4. The third kappa shape index (κ3) is 4.71. The predicted octanol–water partition coefficient (Wildman–Crippen LogP) is 6.63. The number of fused-ring (bicyclic) bond motifs is 1. The lowest BCUT2D eigenvalue weighted by atomic mass is 9.65. The van der Waals surface area contributed by atoms with Crippen LogP contribution in [0.3, 0.4) is 0 Å². The van der Waals surface area contributed by atoms with E-state index in [4.69, 9.17) is 4.74 Å². The van der Waals surface area contributed by atoms with Crippen molar-refractivity contribution in [3.05, 3.63) is 47.0 Å². The van der Waals surface area contributed by atoms with Crippen molar-refractivity contribution >= 4 is 0 Å². The fourth-order valence-electron chi connectivity index (χ4n) is 4.69. The molecular formula is C21H25F5O. The van der Waals surface area contributed by atoms with Gasteiger partial charge in [0.1, 0.15) is 17.2 Å². The van der Waals surface area contributed by atoms with E-state index >= 15 is 0 Å². The third-order valence-corrected chi connectivity index (χ3v) is 6.05. The molecular weight excluding hydrogens is 363 g/mol. The Morgan fingerprint density at radius 3 is 2.26 bits per heavy atom. The molecule has 2 saturated carbocycles. The molecule has 1 aromatic carbocycles. The van der Waals surface area contributed by atoms with E-state index < -0.39 is 23.4 Å². The fourth-order valence-corrected chi connectivity index (χ4v) is 4.69. The van der Waals surface area contributed by atoms with Gasteiger partial charge in [0.25, 0.3) is 0 Å². The van der Waals surface area contributed by atoms with Gasteiger partial charge in [-0.05, 0) is 80.9 Å². The minimum Gasteiger partial charge on any atom is -0.374 e. The van der Waals surface area contributed by atoms with Crippen LogP contribution in [0.25, 0.3) is 0 Å². The van der Waals surface area contributed by atoms with Crippen molar-refractivity contribution < 1.29 is 26.7 Å². The highest BCUT2D eigenvalue weighted by Crippen LogP contribution is 2.47. The maximum atomic E-state index is 13.9. The van der Waals surface area contributed by atoms with Crippen LogP contribution in [-0.4, -0.2) is 12.7 Å². The maximum Gasteiger partial charge on any atom is 0.422 e. The monoisotopic (exact) mass is 388 g/mol. The van der Waals surface area contributed by atoms with Gasteiger partial charge < -0.3 is 4.74 Å². The van der Waals surface area contributed by atoms with Gasteiger partial charge in [0, 0.05) is 0 Å². The lowest BCUT2D eigenvalue weighted by molar-refractivity contribution is -0.142. The average Bonchev–Trinajstić information content (AvgIpc) is 2.59. The number of hydrogen-bond acceptors (Lipinski definition) is 1. The molecule has 0 aliphatic heterocycles. The molecule has 0 aromatic heterocycles. The molecule has 0 N–H and O–H groups in total. The molecule has 0 radical (unpaired) electrons. The van der Waals surface area contributed by atoms with E-state index in [1.54, 1.807) is 0 Å². The fraction of sp³-hybridized carbons (Fsp3) is 0.619. The van der Waals surface area contributed by atoms with Crippen molar-refractivity contribution in [3.8, 4) is 0 Å². The second-order valence-corrected chi connectivity index (χ2v) is 7.72. The van der Waals surface area contributed by atoms with Crippen molar-refractivity contribution in [1.82, 2.24) is 0 Å². The SMILES string of the molecule is C/C=C/COC1CCC2CC(c3cc(F)c(C(F)(F)F)c(F)c3)CCC2C1. The van der Waals surface area contributed by atoms with Gasteiger partial charge in [-0.1, -0.05) is 12.2 Å². The van der Waals surface area contributed by atoms with Crippen LogP contribution in [0.15, 0.2) is 24.3 Å². The van der Waals surface area contributed by atoms with Gasteiger partial charge >= 0.3 is 6.18 Å². The van der Waals surface area contributed by atoms with E-state index in [9.17, 15) is 22.0 Å². The Labute approximate surface area is 156 Å². The highest BCUT2D eigenvalue weighted by atomic mass is 19.4. The lowest BCUT2D eigenvalue weighted by Crippen LogP contribution is -2.33. The number of allylic oxidation sites excluding steroid dienone is 1. The van der Waals surface area contributed by atoms with Gasteiger partial charge in [-0.3, -0.25) is 0 Å². The lowest BCUT2D eigenvalue weighted by Gasteiger charge is -2.42. The van der Waals surface area contributed by atoms with Crippen LogP contribution in [0.5, 0.6) is 0 Å². The first kappa shape index (κ1) is 20.3. The topological polar surface area (TPSA) is 9.23 Å². The van der Waals surface area contributed by atoms with Crippen LogP contribution >= 0.6 is 0 Å². The summed E-state index contributed by atoms with van der Waals surface area (Å²) < 4.78 is 72.0. The Morgan fingerprint density at radius 1 is 1.00 bits per heavy atom. The molecule has 1 nitrogen and oxygen atoms in total. The van der Waals surface area contributed by atoms with Gasteiger partial charge in [0.2, 0.25) is 0 Å². The van der Waals surface area contributed by atoms with Crippen LogP contribution in [0.2, 0.25) is 0 Å². The first-order valence-electron chi connectivity index (χ1n) is 9.58. The predicted molar refractivity (Wildman–Crippen MR) is 93.3 cm³/mol. The molecule has 0 saturated heterocycles. The molecule has 3 rings (SSSR count). The summed E-state index contributed by atoms with van der Waals surface area (Å²) in [4.78, 5) is 0. The van der Waals surface area contributed by atoms with Crippen molar-refractivity contribution in [2.75, 3.05) is 6.61 Å². The van der Waals surface area contributed by atoms with Crippen molar-refractivity contribution in [1.29, 1.82) is 0 Å². The number of halogens is 5. The van der Waals surface area contributed by atoms with Crippen LogP contribution in [-0.2, 0) is 10.9 Å². The number of alkyl halides is 3. The average molecular weight is 388 g/mol. The van der Waals surface area contributed by atoms with Gasteiger partial charge in [-0.25, -0.2) is 8.78 Å². The third-order valence-electron chi connectivity index (χ3n) is 6.05. The van der Waals surface area contributed by atoms with E-state index in [1.165, 1.54) is 0 Å². The van der Waals surface area contributed by atoms with Crippen LogP contribution in [0.4, 0.5) is 22.0 Å². The summed E-state index contributed by atoms with van der Waals surface area (Å²) in [6, 6.07) is 1.76. The van der Waals surface area contributed by atoms with Crippen molar-refractivity contribution in [3.63, 3.8) is 0 Å². The maximum absolute atomic E-state index is 13.9. The van der Waals surface area contributed by atoms with E-state index in [1.807, 2.05) is 19.1 Å². The first-order valence-corrected chi connectivity index (χ1v) is 9.58. The molecule has 0 amide bonds. The Balaban J connectivity index is 1.65. The molecule has 2 fully saturated rings. The largest absolute Gasteiger partial charge is 0.422 e. The Kier molecular flexibility index (Phi) is 6.24. The minimum atomic E-state index is -5.02. The van der Waals surface area contributed by atoms with E-state index in [0.717, 1.165) is 50.7 Å². The zero-order valence-electron chi connectivity index (χ0n) is 15.4. The molecule has 4 atom stereocenters. The Morgan fingerprint density at radius 2 is 1.63 bits per heavy atom. The van der Waals surface area contributed by atoms with E-state index in [-0.39, 0.29) is 12.0 Å². The van der Waals surface area contributed by atoms with Crippen molar-refractivity contribution in [2.45, 2.75) is 63.6 Å². The summed E-state index contributed by atoms with van der Waals surface area (Å²) in [5.41, 5.74) is -1.44. The number of hydrogen-bond donors (Lipinski definition) is 0. The summed E-state index contributed by atoms with van der Waals surface area (Å²) in [7, 11) is 0. The van der Waals surface area contributed by atoms with Crippen molar-refractivity contribution in [2.24, 2.45) is 11.8 Å². The Bertz CT molecular complexity index is 659. The summed E-state index contributed by atoms with van der Waals surface area (Å²) in [6.45, 7) is 2.57. The second kappa shape index (κ2) is 8.29.